The molecule has 0 radical (unpaired) electrons. The van der Waals surface area contributed by atoms with Crippen molar-refractivity contribution in [1.29, 1.82) is 0 Å². The maximum absolute atomic E-state index is 13.3. The Balaban J connectivity index is 1.73. The molecule has 0 bridgehead atoms. The van der Waals surface area contributed by atoms with Crippen LogP contribution in [0.3, 0.4) is 0 Å². The summed E-state index contributed by atoms with van der Waals surface area (Å²) >= 11 is 0. The van der Waals surface area contributed by atoms with Crippen molar-refractivity contribution >= 4 is 11.6 Å². The number of fused-ring (bicyclic) bond motifs is 1. The van der Waals surface area contributed by atoms with E-state index < -0.39 is 0 Å². The molecule has 0 heterocycles. The number of carbonyl (C=O) groups excluding carboxylic acids is 1. The largest absolute Gasteiger partial charge is 0.322 e. The van der Waals surface area contributed by atoms with E-state index in [1.807, 2.05) is 12.1 Å². The molecule has 0 saturated heterocycles. The van der Waals surface area contributed by atoms with Gasteiger partial charge in [-0.3, -0.25) is 4.79 Å². The van der Waals surface area contributed by atoms with E-state index in [4.69, 9.17) is 0 Å². The third-order valence-corrected chi connectivity index (χ3v) is 6.34. The van der Waals surface area contributed by atoms with Crippen LogP contribution in [-0.2, 0) is 12.8 Å². The minimum absolute atomic E-state index is 0.0437. The lowest BCUT2D eigenvalue weighted by atomic mass is 9.88. The molecule has 1 atom stereocenters. The Morgan fingerprint density at radius 3 is 2.28 bits per heavy atom. The van der Waals surface area contributed by atoms with Crippen molar-refractivity contribution in [3.63, 3.8) is 0 Å². The van der Waals surface area contributed by atoms with E-state index in [9.17, 15) is 4.79 Å². The molecule has 148 valence electrons. The highest BCUT2D eigenvalue weighted by molar-refractivity contribution is 6.09. The Morgan fingerprint density at radius 2 is 1.55 bits per heavy atom. The van der Waals surface area contributed by atoms with Gasteiger partial charge in [-0.05, 0) is 104 Å². The zero-order valence-electron chi connectivity index (χ0n) is 18.0. The third kappa shape index (κ3) is 3.72. The average Bonchev–Trinajstić information content (AvgIpc) is 3.06. The van der Waals surface area contributed by atoms with Crippen molar-refractivity contribution < 1.29 is 4.79 Å². The second-order valence-electron chi connectivity index (χ2n) is 8.68. The smallest absolute Gasteiger partial charge is 0.256 e. The van der Waals surface area contributed by atoms with Crippen LogP contribution in [-0.4, -0.2) is 5.91 Å². The number of rotatable bonds is 3. The first-order valence-electron chi connectivity index (χ1n) is 10.4. The van der Waals surface area contributed by atoms with Gasteiger partial charge >= 0.3 is 0 Å². The first-order chi connectivity index (χ1) is 13.8. The highest BCUT2D eigenvalue weighted by atomic mass is 16.1. The molecule has 2 nitrogen and oxygen atoms in total. The van der Waals surface area contributed by atoms with Crippen LogP contribution < -0.4 is 5.32 Å². The fourth-order valence-electron chi connectivity index (χ4n) is 4.47. The molecular formula is C27H29NO. The number of benzene rings is 3. The molecule has 3 aromatic rings. The maximum atomic E-state index is 13.3. The Morgan fingerprint density at radius 1 is 0.862 bits per heavy atom. The van der Waals surface area contributed by atoms with Crippen LogP contribution in [0.5, 0.6) is 0 Å². The summed E-state index contributed by atoms with van der Waals surface area (Å²) in [4.78, 5) is 13.3. The minimum atomic E-state index is -0.0437. The highest BCUT2D eigenvalue weighted by Crippen LogP contribution is 2.33. The van der Waals surface area contributed by atoms with E-state index in [0.717, 1.165) is 40.8 Å². The van der Waals surface area contributed by atoms with Crippen LogP contribution in [0.1, 0.15) is 50.7 Å². The quantitative estimate of drug-likeness (QED) is 0.544. The molecule has 0 aliphatic heterocycles. The summed E-state index contributed by atoms with van der Waals surface area (Å²) in [5.74, 6) is 0.643. The fourth-order valence-corrected chi connectivity index (χ4v) is 4.47. The van der Waals surface area contributed by atoms with Crippen molar-refractivity contribution in [2.24, 2.45) is 5.92 Å². The van der Waals surface area contributed by atoms with Crippen LogP contribution in [0.25, 0.3) is 11.1 Å². The van der Waals surface area contributed by atoms with E-state index in [-0.39, 0.29) is 5.91 Å². The Bertz CT molecular complexity index is 1090. The van der Waals surface area contributed by atoms with E-state index in [0.29, 0.717) is 5.92 Å². The van der Waals surface area contributed by atoms with Gasteiger partial charge < -0.3 is 5.32 Å². The van der Waals surface area contributed by atoms with Crippen molar-refractivity contribution in [3.05, 3.63) is 87.5 Å². The van der Waals surface area contributed by atoms with E-state index in [1.165, 1.54) is 27.8 Å². The van der Waals surface area contributed by atoms with Gasteiger partial charge in [0.15, 0.2) is 0 Å². The molecular weight excluding hydrogens is 354 g/mol. The molecule has 1 aliphatic rings. The Hall–Kier alpha value is -2.87. The van der Waals surface area contributed by atoms with Crippen molar-refractivity contribution in [1.82, 2.24) is 0 Å². The second kappa shape index (κ2) is 7.51. The number of hydrogen-bond donors (Lipinski definition) is 1. The van der Waals surface area contributed by atoms with Crippen LogP contribution in [0.4, 0.5) is 5.69 Å². The van der Waals surface area contributed by atoms with Gasteiger partial charge in [-0.15, -0.1) is 0 Å². The summed E-state index contributed by atoms with van der Waals surface area (Å²) in [5, 5.41) is 3.16. The van der Waals surface area contributed by atoms with E-state index in [2.05, 4.69) is 76.3 Å². The zero-order valence-corrected chi connectivity index (χ0v) is 18.0. The minimum Gasteiger partial charge on any atom is -0.322 e. The molecule has 29 heavy (non-hydrogen) atoms. The monoisotopic (exact) mass is 383 g/mol. The number of hydrogen-bond acceptors (Lipinski definition) is 1. The molecule has 3 aromatic carbocycles. The van der Waals surface area contributed by atoms with Gasteiger partial charge in [0, 0.05) is 11.3 Å². The van der Waals surface area contributed by atoms with Crippen molar-refractivity contribution in [2.45, 2.75) is 47.5 Å². The van der Waals surface area contributed by atoms with Gasteiger partial charge in [0.2, 0.25) is 0 Å². The standard InChI is InChI=1S/C27H29NO/c1-16-6-8-21(9-7-16)26-20(5)19(4)18(3)14-25(26)27(29)28-24-11-10-22-12-17(2)13-23(22)15-24/h6-11,14-15,17H,12-13H2,1-5H3,(H,28,29). The van der Waals surface area contributed by atoms with Crippen LogP contribution in [0.2, 0.25) is 0 Å². The molecule has 1 unspecified atom stereocenters. The molecule has 0 fully saturated rings. The molecule has 4 rings (SSSR count). The van der Waals surface area contributed by atoms with Gasteiger partial charge in [-0.2, -0.15) is 0 Å². The summed E-state index contributed by atoms with van der Waals surface area (Å²) in [7, 11) is 0. The predicted molar refractivity (Wildman–Crippen MR) is 122 cm³/mol. The molecule has 1 N–H and O–H groups in total. The van der Waals surface area contributed by atoms with Crippen LogP contribution in [0, 0.1) is 33.6 Å². The van der Waals surface area contributed by atoms with E-state index in [1.54, 1.807) is 0 Å². The molecule has 0 saturated carbocycles. The lowest BCUT2D eigenvalue weighted by molar-refractivity contribution is 0.102. The number of carbonyl (C=O) groups is 1. The SMILES string of the molecule is Cc1ccc(-c2c(C(=O)Nc3ccc4c(c3)CC(C)C4)cc(C)c(C)c2C)cc1. The molecule has 1 amide bonds. The van der Waals surface area contributed by atoms with E-state index >= 15 is 0 Å². The Kier molecular flexibility index (Phi) is 5.04. The number of nitrogens with one attached hydrogen (secondary N) is 1. The number of aryl methyl sites for hydroxylation is 2. The van der Waals surface area contributed by atoms with Crippen LogP contribution in [0.15, 0.2) is 48.5 Å². The first kappa shape index (κ1) is 19.4. The summed E-state index contributed by atoms with van der Waals surface area (Å²) in [6.45, 7) is 10.7. The van der Waals surface area contributed by atoms with Gasteiger partial charge in [0.1, 0.15) is 0 Å². The van der Waals surface area contributed by atoms with Gasteiger partial charge in [-0.25, -0.2) is 0 Å². The van der Waals surface area contributed by atoms with Crippen molar-refractivity contribution in [3.8, 4) is 11.1 Å². The summed E-state index contributed by atoms with van der Waals surface area (Å²) < 4.78 is 0. The van der Waals surface area contributed by atoms with Crippen molar-refractivity contribution in [2.75, 3.05) is 5.32 Å². The third-order valence-electron chi connectivity index (χ3n) is 6.34. The van der Waals surface area contributed by atoms with Gasteiger partial charge in [-0.1, -0.05) is 42.8 Å². The molecule has 2 heteroatoms. The molecule has 0 aromatic heterocycles. The lowest BCUT2D eigenvalue weighted by Crippen LogP contribution is -2.15. The highest BCUT2D eigenvalue weighted by Gasteiger charge is 2.21. The van der Waals surface area contributed by atoms with Crippen LogP contribution >= 0.6 is 0 Å². The second-order valence-corrected chi connectivity index (χ2v) is 8.68. The molecule has 0 spiro atoms. The number of anilines is 1. The van der Waals surface area contributed by atoms with Gasteiger partial charge in [0.05, 0.1) is 0 Å². The predicted octanol–water partition coefficient (Wildman–Crippen LogP) is 6.57. The lowest BCUT2D eigenvalue weighted by Gasteiger charge is -2.18. The summed E-state index contributed by atoms with van der Waals surface area (Å²) in [6, 6.07) is 16.8. The zero-order chi connectivity index (χ0) is 20.7. The molecule has 1 aliphatic carbocycles. The number of amides is 1. The summed E-state index contributed by atoms with van der Waals surface area (Å²) in [5.41, 5.74) is 11.3. The normalized spacial score (nSPS) is 15.3. The first-order valence-corrected chi connectivity index (χ1v) is 10.4. The Labute approximate surface area is 174 Å². The fraction of sp³-hybridized carbons (Fsp3) is 0.296. The summed E-state index contributed by atoms with van der Waals surface area (Å²) in [6.07, 6.45) is 2.23. The topological polar surface area (TPSA) is 29.1 Å². The van der Waals surface area contributed by atoms with Gasteiger partial charge in [0.25, 0.3) is 5.91 Å². The maximum Gasteiger partial charge on any atom is 0.256 e. The average molecular weight is 384 g/mol.